The van der Waals surface area contributed by atoms with E-state index in [9.17, 15) is 22.4 Å². The van der Waals surface area contributed by atoms with E-state index in [4.69, 9.17) is 16.3 Å². The fourth-order valence-corrected chi connectivity index (χ4v) is 4.83. The predicted molar refractivity (Wildman–Crippen MR) is 149 cm³/mol. The number of rotatable bonds is 10. The highest BCUT2D eigenvalue weighted by Crippen LogP contribution is 2.26. The number of ether oxygens (including phenoxy) is 1. The van der Waals surface area contributed by atoms with E-state index in [-0.39, 0.29) is 35.7 Å². The third-order valence-electron chi connectivity index (χ3n) is 5.70. The molecule has 4 aromatic carbocycles. The van der Waals surface area contributed by atoms with Crippen molar-refractivity contribution in [3.05, 3.63) is 125 Å². The second-order valence-electron chi connectivity index (χ2n) is 8.58. The highest BCUT2D eigenvalue weighted by Gasteiger charge is 2.20. The number of hydrogen-bond donors (Lipinski definition) is 1. The van der Waals surface area contributed by atoms with Gasteiger partial charge in [-0.05, 0) is 48.5 Å². The van der Waals surface area contributed by atoms with E-state index < -0.39 is 21.7 Å². The number of ketones is 1. The van der Waals surface area contributed by atoms with Crippen LogP contribution < -0.4 is 14.4 Å². The molecule has 0 unspecified atom stereocenters. The largest absolute Gasteiger partial charge is 0.484 e. The van der Waals surface area contributed by atoms with Crippen molar-refractivity contribution in [2.24, 2.45) is 0 Å². The summed E-state index contributed by atoms with van der Waals surface area (Å²) in [5.41, 5.74) is 1.51. The van der Waals surface area contributed by atoms with Gasteiger partial charge in [-0.2, -0.15) is 0 Å². The van der Waals surface area contributed by atoms with Crippen LogP contribution in [0.25, 0.3) is 0 Å². The molecule has 0 spiro atoms. The standard InChI is InChI=1S/C29H24ClFN2O5S/c1-39(36,37)33(18-21-9-5-6-10-26(21)31)23-12-14-24(15-13-23)38-19-28(34)32-27-16-11-22(30)17-25(27)29(35)20-7-3-2-4-8-20/h2-17H,18-19H2,1H3,(H,32,34). The maximum Gasteiger partial charge on any atom is 0.262 e. The number of carbonyl (C=O) groups is 2. The van der Waals surface area contributed by atoms with Crippen LogP contribution in [0.3, 0.4) is 0 Å². The van der Waals surface area contributed by atoms with Gasteiger partial charge in [-0.25, -0.2) is 12.8 Å². The first-order chi connectivity index (χ1) is 18.6. The van der Waals surface area contributed by atoms with Crippen LogP contribution in [0.15, 0.2) is 97.1 Å². The summed E-state index contributed by atoms with van der Waals surface area (Å²) in [5.74, 6) is -1.01. The lowest BCUT2D eigenvalue weighted by molar-refractivity contribution is -0.118. The van der Waals surface area contributed by atoms with Crippen LogP contribution in [0, 0.1) is 5.82 Å². The molecule has 4 rings (SSSR count). The molecule has 200 valence electrons. The van der Waals surface area contributed by atoms with Crippen molar-refractivity contribution in [3.8, 4) is 5.75 Å². The highest BCUT2D eigenvalue weighted by molar-refractivity contribution is 7.92. The molecule has 4 aromatic rings. The van der Waals surface area contributed by atoms with Gasteiger partial charge in [0.25, 0.3) is 5.91 Å². The Morgan fingerprint density at radius 1 is 0.923 bits per heavy atom. The molecule has 0 heterocycles. The van der Waals surface area contributed by atoms with Crippen LogP contribution in [-0.4, -0.2) is 33.0 Å². The summed E-state index contributed by atoms with van der Waals surface area (Å²) < 4.78 is 45.5. The van der Waals surface area contributed by atoms with E-state index in [0.717, 1.165) is 10.6 Å². The maximum atomic E-state index is 14.1. The summed E-state index contributed by atoms with van der Waals surface area (Å²) >= 11 is 6.09. The van der Waals surface area contributed by atoms with Crippen molar-refractivity contribution in [1.82, 2.24) is 0 Å². The number of halogens is 2. The Balaban J connectivity index is 1.43. The number of nitrogens with zero attached hydrogens (tertiary/aromatic N) is 1. The molecule has 0 aliphatic rings. The zero-order valence-electron chi connectivity index (χ0n) is 20.8. The molecule has 1 amide bonds. The van der Waals surface area contributed by atoms with E-state index >= 15 is 0 Å². The average molecular weight is 567 g/mol. The fraction of sp³-hybridized carbons (Fsp3) is 0.103. The molecular weight excluding hydrogens is 543 g/mol. The van der Waals surface area contributed by atoms with Crippen LogP contribution >= 0.6 is 11.6 Å². The van der Waals surface area contributed by atoms with Gasteiger partial charge in [-0.15, -0.1) is 0 Å². The Labute approximate surface area is 230 Å². The Hall–Kier alpha value is -4.21. The van der Waals surface area contributed by atoms with Crippen molar-refractivity contribution < 1.29 is 27.1 Å². The van der Waals surface area contributed by atoms with E-state index in [1.807, 2.05) is 0 Å². The van der Waals surface area contributed by atoms with Gasteiger partial charge in [0.2, 0.25) is 10.0 Å². The van der Waals surface area contributed by atoms with E-state index in [2.05, 4.69) is 5.32 Å². The molecular formula is C29H24ClFN2O5S. The second-order valence-corrected chi connectivity index (χ2v) is 10.9. The SMILES string of the molecule is CS(=O)(=O)N(Cc1ccccc1F)c1ccc(OCC(=O)Nc2ccc(Cl)cc2C(=O)c2ccccc2)cc1. The molecule has 10 heteroatoms. The number of sulfonamides is 1. The van der Waals surface area contributed by atoms with Crippen LogP contribution in [0.1, 0.15) is 21.5 Å². The Morgan fingerprint density at radius 3 is 2.26 bits per heavy atom. The van der Waals surface area contributed by atoms with Crippen molar-refractivity contribution in [3.63, 3.8) is 0 Å². The molecule has 0 aliphatic heterocycles. The zero-order chi connectivity index (χ0) is 28.0. The predicted octanol–water partition coefficient (Wildman–Crippen LogP) is 5.69. The summed E-state index contributed by atoms with van der Waals surface area (Å²) in [6.07, 6.45) is 1.04. The minimum absolute atomic E-state index is 0.181. The summed E-state index contributed by atoms with van der Waals surface area (Å²) in [4.78, 5) is 25.6. The highest BCUT2D eigenvalue weighted by atomic mass is 35.5. The first-order valence-corrected chi connectivity index (χ1v) is 14.0. The number of anilines is 2. The van der Waals surface area contributed by atoms with Crippen molar-refractivity contribution in [1.29, 1.82) is 0 Å². The maximum absolute atomic E-state index is 14.1. The topological polar surface area (TPSA) is 92.8 Å². The molecule has 39 heavy (non-hydrogen) atoms. The number of nitrogens with one attached hydrogen (secondary N) is 1. The van der Waals surface area contributed by atoms with Gasteiger partial charge in [0.05, 0.1) is 24.2 Å². The van der Waals surface area contributed by atoms with Crippen LogP contribution in [-0.2, 0) is 21.4 Å². The summed E-state index contributed by atoms with van der Waals surface area (Å²) in [7, 11) is -3.72. The van der Waals surface area contributed by atoms with Gasteiger partial charge in [-0.1, -0.05) is 60.1 Å². The van der Waals surface area contributed by atoms with E-state index in [1.165, 1.54) is 48.5 Å². The number of amides is 1. The van der Waals surface area contributed by atoms with Gasteiger partial charge < -0.3 is 10.1 Å². The molecule has 0 aromatic heterocycles. The minimum Gasteiger partial charge on any atom is -0.484 e. The Morgan fingerprint density at radius 2 is 1.59 bits per heavy atom. The van der Waals surface area contributed by atoms with Crippen molar-refractivity contribution in [2.45, 2.75) is 6.54 Å². The number of carbonyl (C=O) groups excluding carboxylic acids is 2. The van der Waals surface area contributed by atoms with E-state index in [0.29, 0.717) is 22.0 Å². The number of benzene rings is 4. The summed E-state index contributed by atoms with van der Waals surface area (Å²) in [6.45, 7) is -0.550. The average Bonchev–Trinajstić information content (AvgIpc) is 2.92. The lowest BCUT2D eigenvalue weighted by Gasteiger charge is -2.23. The van der Waals surface area contributed by atoms with Gasteiger partial charge in [-0.3, -0.25) is 13.9 Å². The smallest absolute Gasteiger partial charge is 0.262 e. The third-order valence-corrected chi connectivity index (χ3v) is 7.08. The zero-order valence-corrected chi connectivity index (χ0v) is 22.4. The third kappa shape index (κ3) is 7.22. The molecule has 0 fully saturated rings. The molecule has 0 atom stereocenters. The minimum atomic E-state index is -3.72. The molecule has 0 bridgehead atoms. The van der Waals surface area contributed by atoms with Crippen LogP contribution in [0.5, 0.6) is 5.75 Å². The fourth-order valence-electron chi connectivity index (χ4n) is 3.78. The molecule has 7 nitrogen and oxygen atoms in total. The second kappa shape index (κ2) is 12.1. The van der Waals surface area contributed by atoms with Crippen molar-refractivity contribution >= 4 is 44.7 Å². The Kier molecular flexibility index (Phi) is 8.63. The first kappa shape index (κ1) is 27.8. The molecule has 0 saturated heterocycles. The molecule has 1 N–H and O–H groups in total. The van der Waals surface area contributed by atoms with Crippen LogP contribution in [0.4, 0.5) is 15.8 Å². The lowest BCUT2D eigenvalue weighted by Crippen LogP contribution is -2.29. The van der Waals surface area contributed by atoms with Crippen LogP contribution in [0.2, 0.25) is 5.02 Å². The molecule has 0 radical (unpaired) electrons. The monoisotopic (exact) mass is 566 g/mol. The summed E-state index contributed by atoms with van der Waals surface area (Å²) in [6, 6.07) is 25.2. The van der Waals surface area contributed by atoms with Gasteiger partial charge >= 0.3 is 0 Å². The van der Waals surface area contributed by atoms with Gasteiger partial charge in [0.15, 0.2) is 12.4 Å². The van der Waals surface area contributed by atoms with E-state index in [1.54, 1.807) is 48.5 Å². The van der Waals surface area contributed by atoms with Crippen molar-refractivity contribution in [2.75, 3.05) is 22.5 Å². The number of hydrogen-bond acceptors (Lipinski definition) is 5. The van der Waals surface area contributed by atoms with Gasteiger partial charge in [0.1, 0.15) is 11.6 Å². The normalized spacial score (nSPS) is 11.1. The molecule has 0 saturated carbocycles. The molecule has 0 aliphatic carbocycles. The first-order valence-electron chi connectivity index (χ1n) is 11.7. The Bertz CT molecular complexity index is 1600. The summed E-state index contributed by atoms with van der Waals surface area (Å²) in [5, 5.41) is 3.02. The lowest BCUT2D eigenvalue weighted by atomic mass is 10.0. The quantitative estimate of drug-likeness (QED) is 0.249. The van der Waals surface area contributed by atoms with Gasteiger partial charge in [0, 0.05) is 21.7 Å².